The molecule has 3 nitrogen and oxygen atoms in total. The average Bonchev–Trinajstić information content (AvgIpc) is 2.81. The Balaban J connectivity index is 0.00000529. The molecular weight excluding hydrogens is 320 g/mol. The van der Waals surface area contributed by atoms with E-state index in [9.17, 15) is 4.79 Å². The molecule has 0 bridgehead atoms. The minimum atomic E-state index is -0.185. The van der Waals surface area contributed by atoms with Crippen LogP contribution in [0.3, 0.4) is 0 Å². The Kier molecular flexibility index (Phi) is 14.5. The van der Waals surface area contributed by atoms with E-state index in [1.54, 1.807) is 0 Å². The lowest BCUT2D eigenvalue weighted by Gasteiger charge is -2.20. The number of allylic oxidation sites excluding steroid dienone is 5. The third kappa shape index (κ3) is 11.3. The highest BCUT2D eigenvalue weighted by molar-refractivity contribution is 5.85. The molecule has 1 rings (SSSR count). The van der Waals surface area contributed by atoms with Gasteiger partial charge in [0.15, 0.2) is 0 Å². The monoisotopic (exact) mass is 354 g/mol. The molecule has 0 spiro atoms. The molecule has 1 aliphatic rings. The summed E-state index contributed by atoms with van der Waals surface area (Å²) in [6, 6.07) is 0. The number of carbonyl (C=O) groups excluding carboxylic acids is 1. The summed E-state index contributed by atoms with van der Waals surface area (Å²) in [5.41, 5.74) is 6.54. The highest BCUT2D eigenvalue weighted by Crippen LogP contribution is 2.24. The van der Waals surface area contributed by atoms with Crippen LogP contribution < -0.4 is 11.1 Å². The number of nitrogens with two attached hydrogens (primary N) is 1. The fourth-order valence-corrected chi connectivity index (χ4v) is 3.04. The minimum absolute atomic E-state index is 0. The zero-order valence-corrected chi connectivity index (χ0v) is 16.0. The Morgan fingerprint density at radius 2 is 1.67 bits per heavy atom. The van der Waals surface area contributed by atoms with Crippen LogP contribution in [0.5, 0.6) is 0 Å². The van der Waals surface area contributed by atoms with Gasteiger partial charge >= 0.3 is 0 Å². The summed E-state index contributed by atoms with van der Waals surface area (Å²) in [6.45, 7) is 2.26. The number of nitrogens with one attached hydrogen (secondary N) is 1. The van der Waals surface area contributed by atoms with Gasteiger partial charge in [-0.3, -0.25) is 4.79 Å². The Morgan fingerprint density at radius 3 is 2.38 bits per heavy atom. The van der Waals surface area contributed by atoms with Crippen molar-refractivity contribution < 1.29 is 4.79 Å². The molecule has 0 fully saturated rings. The number of halogens is 1. The van der Waals surface area contributed by atoms with Crippen molar-refractivity contribution in [2.24, 2.45) is 11.7 Å². The van der Waals surface area contributed by atoms with Crippen LogP contribution in [0, 0.1) is 5.92 Å². The van der Waals surface area contributed by atoms with Crippen molar-refractivity contribution in [1.29, 1.82) is 0 Å². The predicted octanol–water partition coefficient (Wildman–Crippen LogP) is 5.38. The highest BCUT2D eigenvalue weighted by atomic mass is 35.5. The lowest BCUT2D eigenvalue weighted by Crippen LogP contribution is -2.16. The Labute approximate surface area is 154 Å². The van der Waals surface area contributed by atoms with Crippen molar-refractivity contribution in [3.05, 3.63) is 36.2 Å². The molecule has 0 aliphatic carbocycles. The third-order valence-electron chi connectivity index (χ3n) is 4.42. The Morgan fingerprint density at radius 1 is 1.00 bits per heavy atom. The summed E-state index contributed by atoms with van der Waals surface area (Å²) in [4.78, 5) is 10.9. The summed E-state index contributed by atoms with van der Waals surface area (Å²) in [5, 5.41) is 3.42. The SMILES string of the molecule is CCCCCCCCC(CCCCC(N)=O)C1=CC=CC=CN1.Cl. The molecule has 0 radical (unpaired) electrons. The maximum Gasteiger partial charge on any atom is 0.217 e. The summed E-state index contributed by atoms with van der Waals surface area (Å²) >= 11 is 0. The second-order valence-electron chi connectivity index (χ2n) is 6.48. The van der Waals surface area contributed by atoms with Crippen LogP contribution >= 0.6 is 12.4 Å². The maximum absolute atomic E-state index is 10.9. The fraction of sp³-hybridized carbons (Fsp3) is 0.650. The number of hydrogen-bond donors (Lipinski definition) is 2. The van der Waals surface area contributed by atoms with Crippen molar-refractivity contribution >= 4 is 18.3 Å². The van der Waals surface area contributed by atoms with E-state index in [0.717, 1.165) is 19.3 Å². The topological polar surface area (TPSA) is 55.1 Å². The molecule has 138 valence electrons. The minimum Gasteiger partial charge on any atom is -0.370 e. The van der Waals surface area contributed by atoms with Gasteiger partial charge in [0.05, 0.1) is 0 Å². The van der Waals surface area contributed by atoms with Gasteiger partial charge in [0.25, 0.3) is 0 Å². The van der Waals surface area contributed by atoms with Crippen molar-refractivity contribution in [3.8, 4) is 0 Å². The van der Waals surface area contributed by atoms with Gasteiger partial charge in [-0.25, -0.2) is 0 Å². The van der Waals surface area contributed by atoms with E-state index < -0.39 is 0 Å². The predicted molar refractivity (Wildman–Crippen MR) is 106 cm³/mol. The summed E-state index contributed by atoms with van der Waals surface area (Å²) < 4.78 is 0. The quantitative estimate of drug-likeness (QED) is 0.436. The van der Waals surface area contributed by atoms with Gasteiger partial charge in [0.2, 0.25) is 5.91 Å². The first-order chi connectivity index (χ1) is 11.2. The highest BCUT2D eigenvalue weighted by Gasteiger charge is 2.13. The van der Waals surface area contributed by atoms with Crippen LogP contribution in [0.2, 0.25) is 0 Å². The molecule has 1 atom stereocenters. The second kappa shape index (κ2) is 15.3. The summed E-state index contributed by atoms with van der Waals surface area (Å²) in [6.07, 6.45) is 23.2. The van der Waals surface area contributed by atoms with E-state index >= 15 is 0 Å². The first kappa shape index (κ1) is 22.8. The van der Waals surface area contributed by atoms with Gasteiger partial charge in [0, 0.05) is 18.3 Å². The average molecular weight is 355 g/mol. The van der Waals surface area contributed by atoms with Crippen LogP contribution in [-0.2, 0) is 4.79 Å². The lowest BCUT2D eigenvalue weighted by molar-refractivity contribution is -0.118. The standard InChI is InChI=1S/C20H34N2O.ClH/c1-2-3-4-5-6-8-13-18(14-10-11-16-20(21)23)19-15-9-7-12-17-22-19;/h7,9,12,15,17-18,22H,2-6,8,10-11,13-14,16H2,1H3,(H2,21,23);1H. The zero-order chi connectivity index (χ0) is 16.8. The van der Waals surface area contributed by atoms with Crippen LogP contribution in [0.15, 0.2) is 36.2 Å². The molecule has 0 aromatic heterocycles. The number of amides is 1. The number of unbranched alkanes of at least 4 members (excludes halogenated alkanes) is 6. The van der Waals surface area contributed by atoms with E-state index in [4.69, 9.17) is 5.73 Å². The van der Waals surface area contributed by atoms with Gasteiger partial charge in [-0.2, -0.15) is 0 Å². The number of hydrogen-bond acceptors (Lipinski definition) is 2. The molecule has 0 aromatic rings. The van der Waals surface area contributed by atoms with E-state index in [1.165, 1.54) is 50.6 Å². The summed E-state index contributed by atoms with van der Waals surface area (Å²) in [7, 11) is 0. The van der Waals surface area contributed by atoms with Gasteiger partial charge in [-0.15, -0.1) is 12.4 Å². The molecule has 0 saturated carbocycles. The molecule has 24 heavy (non-hydrogen) atoms. The third-order valence-corrected chi connectivity index (χ3v) is 4.42. The molecule has 1 heterocycles. The fourth-order valence-electron chi connectivity index (χ4n) is 3.04. The Bertz CT molecular complexity index is 416. The van der Waals surface area contributed by atoms with E-state index in [2.05, 4.69) is 30.5 Å². The first-order valence-electron chi connectivity index (χ1n) is 9.32. The van der Waals surface area contributed by atoms with Crippen molar-refractivity contribution in [1.82, 2.24) is 5.32 Å². The molecule has 3 N–H and O–H groups in total. The largest absolute Gasteiger partial charge is 0.370 e. The van der Waals surface area contributed by atoms with Crippen molar-refractivity contribution in [2.75, 3.05) is 0 Å². The van der Waals surface area contributed by atoms with Gasteiger partial charge in [-0.1, -0.05) is 64.0 Å². The lowest BCUT2D eigenvalue weighted by atomic mass is 9.91. The van der Waals surface area contributed by atoms with Gasteiger partial charge in [-0.05, 0) is 37.3 Å². The molecule has 1 aliphatic heterocycles. The molecule has 1 unspecified atom stereocenters. The number of primary amides is 1. The van der Waals surface area contributed by atoms with Crippen LogP contribution in [0.1, 0.15) is 77.6 Å². The smallest absolute Gasteiger partial charge is 0.217 e. The van der Waals surface area contributed by atoms with Gasteiger partial charge < -0.3 is 11.1 Å². The van der Waals surface area contributed by atoms with E-state index in [-0.39, 0.29) is 18.3 Å². The molecule has 0 aromatic carbocycles. The number of carbonyl (C=O) groups is 1. The molecular formula is C20H35ClN2O. The summed E-state index contributed by atoms with van der Waals surface area (Å²) in [5.74, 6) is 0.372. The normalized spacial score (nSPS) is 14.3. The zero-order valence-electron chi connectivity index (χ0n) is 15.1. The van der Waals surface area contributed by atoms with Crippen LogP contribution in [0.25, 0.3) is 0 Å². The molecule has 0 saturated heterocycles. The molecule has 1 amide bonds. The first-order valence-corrected chi connectivity index (χ1v) is 9.32. The maximum atomic E-state index is 10.9. The van der Waals surface area contributed by atoms with Crippen LogP contribution in [-0.4, -0.2) is 5.91 Å². The van der Waals surface area contributed by atoms with Crippen molar-refractivity contribution in [2.45, 2.75) is 77.6 Å². The second-order valence-corrected chi connectivity index (χ2v) is 6.48. The van der Waals surface area contributed by atoms with E-state index in [1.807, 2.05) is 12.3 Å². The van der Waals surface area contributed by atoms with Crippen LogP contribution in [0.4, 0.5) is 0 Å². The van der Waals surface area contributed by atoms with Crippen molar-refractivity contribution in [3.63, 3.8) is 0 Å². The molecule has 4 heteroatoms. The number of rotatable bonds is 13. The van der Waals surface area contributed by atoms with Gasteiger partial charge in [0.1, 0.15) is 0 Å². The Hall–Kier alpha value is -1.22. The van der Waals surface area contributed by atoms with E-state index in [0.29, 0.717) is 12.3 Å².